The number of halogens is 1. The lowest BCUT2D eigenvalue weighted by atomic mass is 9.94. The Bertz CT molecular complexity index is 494. The van der Waals surface area contributed by atoms with Gasteiger partial charge in [-0.15, -0.1) is 0 Å². The zero-order valence-corrected chi connectivity index (χ0v) is 13.5. The second-order valence-electron chi connectivity index (χ2n) is 7.40. The molecule has 2 N–H and O–H groups in total. The number of benzene rings is 1. The van der Waals surface area contributed by atoms with Gasteiger partial charge in [0.25, 0.3) is 0 Å². The molecule has 0 saturated carbocycles. The van der Waals surface area contributed by atoms with Gasteiger partial charge in [-0.25, -0.2) is 4.39 Å². The molecule has 4 heteroatoms. The van der Waals surface area contributed by atoms with Crippen molar-refractivity contribution in [2.45, 2.75) is 58.2 Å². The SMILES string of the molecule is CC1(O)CCCN(c2ccc(F)cc2CNC(C)(C)C)C1. The lowest BCUT2D eigenvalue weighted by Gasteiger charge is -2.39. The van der Waals surface area contributed by atoms with Crippen LogP contribution in [0.25, 0.3) is 0 Å². The number of hydrogen-bond acceptors (Lipinski definition) is 3. The molecular formula is C17H27FN2O. The second-order valence-corrected chi connectivity index (χ2v) is 7.40. The largest absolute Gasteiger partial charge is 0.388 e. The summed E-state index contributed by atoms with van der Waals surface area (Å²) in [6.45, 7) is 10.3. The maximum absolute atomic E-state index is 13.6. The van der Waals surface area contributed by atoms with Crippen LogP contribution in [-0.4, -0.2) is 29.3 Å². The Morgan fingerprint density at radius 3 is 2.71 bits per heavy atom. The van der Waals surface area contributed by atoms with Gasteiger partial charge in [-0.1, -0.05) is 0 Å². The number of nitrogens with zero attached hydrogens (tertiary/aromatic N) is 1. The number of hydrogen-bond donors (Lipinski definition) is 2. The maximum Gasteiger partial charge on any atom is 0.123 e. The highest BCUT2D eigenvalue weighted by Crippen LogP contribution is 2.29. The van der Waals surface area contributed by atoms with Crippen LogP contribution in [0, 0.1) is 5.82 Å². The Morgan fingerprint density at radius 2 is 2.10 bits per heavy atom. The van der Waals surface area contributed by atoms with Gasteiger partial charge in [0, 0.05) is 30.9 Å². The van der Waals surface area contributed by atoms with E-state index in [1.165, 1.54) is 6.07 Å². The van der Waals surface area contributed by atoms with E-state index in [1.807, 2.05) is 13.0 Å². The van der Waals surface area contributed by atoms with Crippen LogP contribution in [0.1, 0.15) is 46.1 Å². The smallest absolute Gasteiger partial charge is 0.123 e. The topological polar surface area (TPSA) is 35.5 Å². The van der Waals surface area contributed by atoms with Crippen molar-refractivity contribution in [2.75, 3.05) is 18.0 Å². The molecule has 21 heavy (non-hydrogen) atoms. The van der Waals surface area contributed by atoms with Crippen molar-refractivity contribution in [1.82, 2.24) is 5.32 Å². The Morgan fingerprint density at radius 1 is 1.38 bits per heavy atom. The molecule has 1 aliphatic rings. The van der Waals surface area contributed by atoms with E-state index in [2.05, 4.69) is 31.0 Å². The van der Waals surface area contributed by atoms with Crippen molar-refractivity contribution in [3.63, 3.8) is 0 Å². The minimum Gasteiger partial charge on any atom is -0.388 e. The zero-order valence-electron chi connectivity index (χ0n) is 13.5. The van der Waals surface area contributed by atoms with E-state index in [4.69, 9.17) is 0 Å². The third-order valence-electron chi connectivity index (χ3n) is 3.87. The summed E-state index contributed by atoms with van der Waals surface area (Å²) < 4.78 is 13.6. The number of anilines is 1. The molecule has 0 aromatic heterocycles. The summed E-state index contributed by atoms with van der Waals surface area (Å²) >= 11 is 0. The van der Waals surface area contributed by atoms with Gasteiger partial charge in [0.05, 0.1) is 5.60 Å². The number of nitrogens with one attached hydrogen (secondary N) is 1. The highest BCUT2D eigenvalue weighted by Gasteiger charge is 2.29. The molecule has 1 saturated heterocycles. The standard InChI is InChI=1S/C17H27FN2O/c1-16(2,3)19-11-13-10-14(18)6-7-15(13)20-9-5-8-17(4,21)12-20/h6-7,10,19,21H,5,8-9,11-12H2,1-4H3. The second kappa shape index (κ2) is 5.93. The van der Waals surface area contributed by atoms with Crippen molar-refractivity contribution in [3.05, 3.63) is 29.6 Å². The summed E-state index contributed by atoms with van der Waals surface area (Å²) in [5, 5.41) is 13.7. The van der Waals surface area contributed by atoms with E-state index >= 15 is 0 Å². The Hall–Kier alpha value is -1.13. The first-order chi connectivity index (χ1) is 9.66. The fourth-order valence-electron chi connectivity index (χ4n) is 2.79. The minimum absolute atomic E-state index is 0.0169. The number of rotatable bonds is 3. The van der Waals surface area contributed by atoms with Gasteiger partial charge in [0.15, 0.2) is 0 Å². The quantitative estimate of drug-likeness (QED) is 0.899. The fourth-order valence-corrected chi connectivity index (χ4v) is 2.79. The van der Waals surface area contributed by atoms with Crippen LogP contribution < -0.4 is 10.2 Å². The van der Waals surface area contributed by atoms with E-state index in [0.29, 0.717) is 13.1 Å². The zero-order chi connectivity index (χ0) is 15.7. The van der Waals surface area contributed by atoms with Gasteiger partial charge in [-0.2, -0.15) is 0 Å². The van der Waals surface area contributed by atoms with Gasteiger partial charge in [0.2, 0.25) is 0 Å². The number of piperidine rings is 1. The van der Waals surface area contributed by atoms with E-state index < -0.39 is 5.60 Å². The normalized spacial score (nSPS) is 23.4. The summed E-state index contributed by atoms with van der Waals surface area (Å²) in [6.07, 6.45) is 1.77. The van der Waals surface area contributed by atoms with Crippen LogP contribution in [0.4, 0.5) is 10.1 Å². The Balaban J connectivity index is 2.22. The van der Waals surface area contributed by atoms with Crippen LogP contribution in [0.2, 0.25) is 0 Å². The summed E-state index contributed by atoms with van der Waals surface area (Å²) in [7, 11) is 0. The molecule has 0 bridgehead atoms. The predicted octanol–water partition coefficient (Wildman–Crippen LogP) is 3.07. The average Bonchev–Trinajstić information content (AvgIpc) is 2.34. The van der Waals surface area contributed by atoms with Crippen molar-refractivity contribution < 1.29 is 9.50 Å². The highest BCUT2D eigenvalue weighted by molar-refractivity contribution is 5.54. The van der Waals surface area contributed by atoms with Gasteiger partial charge < -0.3 is 15.3 Å². The monoisotopic (exact) mass is 294 g/mol. The molecule has 0 radical (unpaired) electrons. The van der Waals surface area contributed by atoms with E-state index in [1.54, 1.807) is 6.07 Å². The molecule has 118 valence electrons. The molecule has 1 heterocycles. The highest BCUT2D eigenvalue weighted by atomic mass is 19.1. The van der Waals surface area contributed by atoms with Crippen LogP contribution in [-0.2, 0) is 6.54 Å². The van der Waals surface area contributed by atoms with Crippen LogP contribution in [0.15, 0.2) is 18.2 Å². The average molecular weight is 294 g/mol. The molecule has 0 amide bonds. The first kappa shape index (κ1) is 16.2. The molecule has 1 unspecified atom stereocenters. The van der Waals surface area contributed by atoms with E-state index in [0.717, 1.165) is 30.6 Å². The van der Waals surface area contributed by atoms with Crippen LogP contribution in [0.3, 0.4) is 0 Å². The van der Waals surface area contributed by atoms with Crippen molar-refractivity contribution in [2.24, 2.45) is 0 Å². The Labute approximate surface area is 127 Å². The number of aliphatic hydroxyl groups is 1. The summed E-state index contributed by atoms with van der Waals surface area (Å²) in [5.41, 5.74) is 1.29. The molecule has 1 aromatic rings. The Kier molecular flexibility index (Phi) is 4.59. The lowest BCUT2D eigenvalue weighted by Crippen LogP contribution is -2.46. The molecule has 2 rings (SSSR count). The van der Waals surface area contributed by atoms with E-state index in [9.17, 15) is 9.50 Å². The van der Waals surface area contributed by atoms with Crippen molar-refractivity contribution in [1.29, 1.82) is 0 Å². The third-order valence-corrected chi connectivity index (χ3v) is 3.87. The molecule has 1 aromatic carbocycles. The lowest BCUT2D eigenvalue weighted by molar-refractivity contribution is 0.0449. The summed E-state index contributed by atoms with van der Waals surface area (Å²) in [5.74, 6) is -0.215. The third kappa shape index (κ3) is 4.68. The molecule has 1 atom stereocenters. The van der Waals surface area contributed by atoms with Crippen LogP contribution in [0.5, 0.6) is 0 Å². The first-order valence-electron chi connectivity index (χ1n) is 7.67. The predicted molar refractivity (Wildman–Crippen MR) is 85.1 cm³/mol. The maximum atomic E-state index is 13.6. The molecular weight excluding hydrogens is 267 g/mol. The minimum atomic E-state index is -0.665. The first-order valence-corrected chi connectivity index (χ1v) is 7.67. The van der Waals surface area contributed by atoms with E-state index in [-0.39, 0.29) is 11.4 Å². The number of β-amino-alcohol motifs (C(OH)–C–C–N with tert-alkyl or cyclic N) is 1. The summed E-state index contributed by atoms with van der Waals surface area (Å²) in [4.78, 5) is 2.17. The summed E-state index contributed by atoms with van der Waals surface area (Å²) in [6, 6.07) is 4.92. The van der Waals surface area contributed by atoms with Gasteiger partial charge >= 0.3 is 0 Å². The molecule has 1 fully saturated rings. The van der Waals surface area contributed by atoms with Gasteiger partial charge in [-0.05, 0) is 64.3 Å². The molecule has 1 aliphatic heterocycles. The molecule has 3 nitrogen and oxygen atoms in total. The van der Waals surface area contributed by atoms with Crippen LogP contribution >= 0.6 is 0 Å². The van der Waals surface area contributed by atoms with Gasteiger partial charge in [0.1, 0.15) is 5.82 Å². The van der Waals surface area contributed by atoms with Crippen molar-refractivity contribution >= 4 is 5.69 Å². The molecule has 0 aliphatic carbocycles. The molecule has 0 spiro atoms. The van der Waals surface area contributed by atoms with Crippen molar-refractivity contribution in [3.8, 4) is 0 Å². The fraction of sp³-hybridized carbons (Fsp3) is 0.647. The van der Waals surface area contributed by atoms with Gasteiger partial charge in [-0.3, -0.25) is 0 Å².